The van der Waals surface area contributed by atoms with Gasteiger partial charge in [-0.1, -0.05) is 12.1 Å². The molecule has 6 heteroatoms. The molecule has 0 spiro atoms. The van der Waals surface area contributed by atoms with Gasteiger partial charge in [-0.05, 0) is 86.5 Å². The molecule has 0 saturated carbocycles. The van der Waals surface area contributed by atoms with E-state index >= 15 is 0 Å². The Balaban J connectivity index is 1.23. The molecule has 2 aliphatic rings. The standard InChI is InChI=1S/C26H34FN3O2/c27-23-5-1-3-20(17-23)10-13-28-24-11-15-29(16-12-24)25-8-6-22(7-9-25)26(32)30-14-2-4-21(18-30)19-31/h1,3,5-9,17,21,24,28,31H,2,4,10-16,18-19H2/t21-/m0/s1. The Kier molecular flexibility index (Phi) is 7.76. The number of nitrogens with zero attached hydrogens (tertiary/aromatic N) is 2. The lowest BCUT2D eigenvalue weighted by Crippen LogP contribution is -2.43. The van der Waals surface area contributed by atoms with Crippen molar-refractivity contribution in [2.24, 2.45) is 5.92 Å². The van der Waals surface area contributed by atoms with Crippen LogP contribution in [0.3, 0.4) is 0 Å². The van der Waals surface area contributed by atoms with E-state index in [9.17, 15) is 14.3 Å². The Hall–Kier alpha value is -2.44. The lowest BCUT2D eigenvalue weighted by Gasteiger charge is -2.34. The van der Waals surface area contributed by atoms with Crippen LogP contribution in [0, 0.1) is 11.7 Å². The van der Waals surface area contributed by atoms with Crippen molar-refractivity contribution in [3.05, 3.63) is 65.5 Å². The first-order valence-corrected chi connectivity index (χ1v) is 11.9. The Morgan fingerprint density at radius 3 is 2.56 bits per heavy atom. The summed E-state index contributed by atoms with van der Waals surface area (Å²) < 4.78 is 13.3. The van der Waals surface area contributed by atoms with E-state index in [2.05, 4.69) is 22.3 Å². The summed E-state index contributed by atoms with van der Waals surface area (Å²) in [6, 6.07) is 15.3. The fraction of sp³-hybridized carbons (Fsp3) is 0.500. The molecule has 0 radical (unpaired) electrons. The molecular weight excluding hydrogens is 405 g/mol. The Morgan fingerprint density at radius 1 is 1.06 bits per heavy atom. The van der Waals surface area contributed by atoms with E-state index in [1.165, 1.54) is 6.07 Å². The molecule has 4 rings (SSSR count). The molecule has 0 unspecified atom stereocenters. The molecule has 0 aromatic heterocycles. The van der Waals surface area contributed by atoms with Crippen molar-refractivity contribution in [3.63, 3.8) is 0 Å². The van der Waals surface area contributed by atoms with Gasteiger partial charge >= 0.3 is 0 Å². The highest BCUT2D eigenvalue weighted by Gasteiger charge is 2.24. The van der Waals surface area contributed by atoms with Gasteiger partial charge in [0.05, 0.1) is 0 Å². The quantitative estimate of drug-likeness (QED) is 0.694. The summed E-state index contributed by atoms with van der Waals surface area (Å²) in [5, 5.41) is 13.0. The monoisotopic (exact) mass is 439 g/mol. The summed E-state index contributed by atoms with van der Waals surface area (Å²) in [6.07, 6.45) is 4.93. The molecule has 2 aromatic carbocycles. The van der Waals surface area contributed by atoms with Crippen molar-refractivity contribution in [3.8, 4) is 0 Å². The lowest BCUT2D eigenvalue weighted by atomic mass is 9.98. The summed E-state index contributed by atoms with van der Waals surface area (Å²) in [5.41, 5.74) is 2.91. The highest BCUT2D eigenvalue weighted by Crippen LogP contribution is 2.23. The Bertz CT molecular complexity index is 881. The molecule has 2 aromatic rings. The molecular formula is C26H34FN3O2. The smallest absolute Gasteiger partial charge is 0.253 e. The second kappa shape index (κ2) is 10.9. The van der Waals surface area contributed by atoms with E-state index in [4.69, 9.17) is 0 Å². The second-order valence-electron chi connectivity index (χ2n) is 9.08. The number of anilines is 1. The minimum Gasteiger partial charge on any atom is -0.396 e. The molecule has 2 aliphatic heterocycles. The second-order valence-corrected chi connectivity index (χ2v) is 9.08. The molecule has 2 saturated heterocycles. The minimum atomic E-state index is -0.172. The predicted molar refractivity (Wildman–Crippen MR) is 125 cm³/mol. The number of carbonyl (C=O) groups excluding carboxylic acids is 1. The van der Waals surface area contributed by atoms with E-state index in [1.54, 1.807) is 12.1 Å². The SMILES string of the molecule is O=C(c1ccc(N2CCC(NCCc3cccc(F)c3)CC2)cc1)N1CCC[C@H](CO)C1. The molecule has 1 amide bonds. The first-order valence-electron chi connectivity index (χ1n) is 11.9. The van der Waals surface area contributed by atoms with Crippen LogP contribution >= 0.6 is 0 Å². The summed E-state index contributed by atoms with van der Waals surface area (Å²) in [5.74, 6) is 0.0976. The van der Waals surface area contributed by atoms with Crippen LogP contribution in [-0.2, 0) is 6.42 Å². The third-order valence-corrected chi connectivity index (χ3v) is 6.77. The molecule has 2 heterocycles. The summed E-state index contributed by atoms with van der Waals surface area (Å²) >= 11 is 0. The number of hydrogen-bond acceptors (Lipinski definition) is 4. The van der Waals surface area contributed by atoms with E-state index in [0.29, 0.717) is 12.6 Å². The molecule has 5 nitrogen and oxygen atoms in total. The average molecular weight is 440 g/mol. The van der Waals surface area contributed by atoms with Crippen molar-refractivity contribution in [1.29, 1.82) is 0 Å². The van der Waals surface area contributed by atoms with Gasteiger partial charge in [0.25, 0.3) is 5.91 Å². The van der Waals surface area contributed by atoms with Gasteiger partial charge in [-0.3, -0.25) is 4.79 Å². The van der Waals surface area contributed by atoms with Crippen LogP contribution in [0.1, 0.15) is 41.6 Å². The van der Waals surface area contributed by atoms with Crippen molar-refractivity contribution < 1.29 is 14.3 Å². The number of halogens is 1. The van der Waals surface area contributed by atoms with E-state index in [1.807, 2.05) is 23.1 Å². The van der Waals surface area contributed by atoms with Crippen LogP contribution < -0.4 is 10.2 Å². The summed E-state index contributed by atoms with van der Waals surface area (Å²) in [7, 11) is 0. The zero-order valence-corrected chi connectivity index (χ0v) is 18.7. The molecule has 0 aliphatic carbocycles. The normalized spacial score (nSPS) is 19.9. The summed E-state index contributed by atoms with van der Waals surface area (Å²) in [6.45, 7) is 4.40. The van der Waals surface area contributed by atoms with Crippen LogP contribution in [0.4, 0.5) is 10.1 Å². The zero-order chi connectivity index (χ0) is 22.3. The number of carbonyl (C=O) groups is 1. The van der Waals surface area contributed by atoms with Gasteiger partial charge in [0.1, 0.15) is 5.82 Å². The predicted octanol–water partition coefficient (Wildman–Crippen LogP) is 3.47. The van der Waals surface area contributed by atoms with Gasteiger partial charge in [0.15, 0.2) is 0 Å². The molecule has 0 bridgehead atoms. The van der Waals surface area contributed by atoms with Gasteiger partial charge in [-0.2, -0.15) is 0 Å². The molecule has 172 valence electrons. The third-order valence-electron chi connectivity index (χ3n) is 6.77. The minimum absolute atomic E-state index is 0.0657. The van der Waals surface area contributed by atoms with Gasteiger partial charge in [-0.25, -0.2) is 4.39 Å². The first-order chi connectivity index (χ1) is 15.6. The number of rotatable bonds is 7. The van der Waals surface area contributed by atoms with E-state index in [0.717, 1.165) is 75.1 Å². The zero-order valence-electron chi connectivity index (χ0n) is 18.7. The van der Waals surface area contributed by atoms with Crippen LogP contribution in [0.25, 0.3) is 0 Å². The molecule has 1 atom stereocenters. The number of piperidine rings is 2. The maximum atomic E-state index is 13.3. The molecule has 2 N–H and O–H groups in total. The van der Waals surface area contributed by atoms with Crippen molar-refractivity contribution in [2.75, 3.05) is 44.2 Å². The first kappa shape index (κ1) is 22.7. The third kappa shape index (κ3) is 5.87. The van der Waals surface area contributed by atoms with Crippen LogP contribution in [-0.4, -0.2) is 61.3 Å². The fourth-order valence-corrected chi connectivity index (χ4v) is 4.85. The number of aliphatic hydroxyl groups excluding tert-OH is 1. The summed E-state index contributed by atoms with van der Waals surface area (Å²) in [4.78, 5) is 17.1. The maximum absolute atomic E-state index is 13.3. The van der Waals surface area contributed by atoms with Crippen LogP contribution in [0.15, 0.2) is 48.5 Å². The maximum Gasteiger partial charge on any atom is 0.253 e. The highest BCUT2D eigenvalue weighted by atomic mass is 19.1. The largest absolute Gasteiger partial charge is 0.396 e. The van der Waals surface area contributed by atoms with Gasteiger partial charge in [-0.15, -0.1) is 0 Å². The van der Waals surface area contributed by atoms with Crippen LogP contribution in [0.2, 0.25) is 0 Å². The fourth-order valence-electron chi connectivity index (χ4n) is 4.85. The van der Waals surface area contributed by atoms with Gasteiger partial charge in [0, 0.05) is 50.1 Å². The van der Waals surface area contributed by atoms with Gasteiger partial charge < -0.3 is 20.2 Å². The molecule has 2 fully saturated rings. The number of aliphatic hydroxyl groups is 1. The van der Waals surface area contributed by atoms with Crippen LogP contribution in [0.5, 0.6) is 0 Å². The number of benzene rings is 2. The highest BCUT2D eigenvalue weighted by molar-refractivity contribution is 5.94. The average Bonchev–Trinajstić information content (AvgIpc) is 2.84. The number of nitrogens with one attached hydrogen (secondary N) is 1. The number of likely N-dealkylation sites (tertiary alicyclic amines) is 1. The van der Waals surface area contributed by atoms with E-state index < -0.39 is 0 Å². The molecule has 32 heavy (non-hydrogen) atoms. The lowest BCUT2D eigenvalue weighted by molar-refractivity contribution is 0.0620. The van der Waals surface area contributed by atoms with Crippen molar-refractivity contribution in [2.45, 2.75) is 38.1 Å². The van der Waals surface area contributed by atoms with Crippen molar-refractivity contribution in [1.82, 2.24) is 10.2 Å². The Labute approximate surface area is 190 Å². The van der Waals surface area contributed by atoms with Crippen molar-refractivity contribution >= 4 is 11.6 Å². The topological polar surface area (TPSA) is 55.8 Å². The number of hydrogen-bond donors (Lipinski definition) is 2. The van der Waals surface area contributed by atoms with Gasteiger partial charge in [0.2, 0.25) is 0 Å². The number of amides is 1. The Morgan fingerprint density at radius 2 is 1.84 bits per heavy atom. The van der Waals surface area contributed by atoms with E-state index in [-0.39, 0.29) is 24.2 Å².